The van der Waals surface area contributed by atoms with Crippen LogP contribution in [0.5, 0.6) is 0 Å². The molecular weight excluding hydrogens is 459 g/mol. The number of aliphatic hydroxyl groups is 1. The van der Waals surface area contributed by atoms with E-state index < -0.39 is 5.60 Å². The Morgan fingerprint density at radius 3 is 2.56 bits per heavy atom. The maximum atomic E-state index is 13.4. The Kier molecular flexibility index (Phi) is 7.21. The lowest BCUT2D eigenvalue weighted by Crippen LogP contribution is -2.29. The summed E-state index contributed by atoms with van der Waals surface area (Å²) >= 11 is 0. The van der Waals surface area contributed by atoms with Crippen molar-refractivity contribution in [3.63, 3.8) is 0 Å². The van der Waals surface area contributed by atoms with Crippen LogP contribution in [0.25, 0.3) is 16.9 Å². The fourth-order valence-electron chi connectivity index (χ4n) is 3.76. The van der Waals surface area contributed by atoms with Gasteiger partial charge in [0.25, 0.3) is 5.91 Å². The predicted molar refractivity (Wildman–Crippen MR) is 140 cm³/mol. The number of amides is 1. The van der Waals surface area contributed by atoms with Crippen LogP contribution in [0.1, 0.15) is 43.1 Å². The molecule has 8 nitrogen and oxygen atoms in total. The second kappa shape index (κ2) is 10.3. The molecule has 0 unspecified atom stereocenters. The van der Waals surface area contributed by atoms with E-state index in [2.05, 4.69) is 20.9 Å². The Balaban J connectivity index is 1.75. The minimum atomic E-state index is -0.939. The molecule has 2 heterocycles. The summed E-state index contributed by atoms with van der Waals surface area (Å²) < 4.78 is 15.1. The maximum Gasteiger partial charge on any atom is 0.251 e. The van der Waals surface area contributed by atoms with E-state index in [1.54, 1.807) is 42.8 Å². The van der Waals surface area contributed by atoms with Gasteiger partial charge in [-0.3, -0.25) is 4.79 Å². The summed E-state index contributed by atoms with van der Waals surface area (Å²) in [5.74, 6) is 0.0931. The van der Waals surface area contributed by atoms with Crippen LogP contribution in [-0.4, -0.2) is 44.3 Å². The van der Waals surface area contributed by atoms with Gasteiger partial charge in [-0.05, 0) is 69.2 Å². The summed E-state index contributed by atoms with van der Waals surface area (Å²) in [7, 11) is 0. The summed E-state index contributed by atoms with van der Waals surface area (Å²) in [6.07, 6.45) is 2.60. The second-order valence-corrected chi connectivity index (χ2v) is 9.41. The zero-order valence-electron chi connectivity index (χ0n) is 20.9. The molecule has 0 atom stereocenters. The molecule has 0 saturated carbocycles. The largest absolute Gasteiger partial charge is 0.389 e. The molecule has 0 aliphatic heterocycles. The third-order valence-corrected chi connectivity index (χ3v) is 5.60. The molecule has 0 saturated heterocycles. The lowest BCUT2D eigenvalue weighted by molar-refractivity contribution is 0.0941. The lowest BCUT2D eigenvalue weighted by Gasteiger charge is -2.19. The van der Waals surface area contributed by atoms with Crippen molar-refractivity contribution in [2.75, 3.05) is 23.7 Å². The van der Waals surface area contributed by atoms with Gasteiger partial charge in [-0.2, -0.15) is 0 Å². The summed E-state index contributed by atoms with van der Waals surface area (Å²) in [6, 6.07) is 13.4. The van der Waals surface area contributed by atoms with Crippen molar-refractivity contribution >= 4 is 28.7 Å². The average Bonchev–Trinajstić information content (AvgIpc) is 3.26. The normalized spacial score (nSPS) is 11.5. The van der Waals surface area contributed by atoms with Crippen molar-refractivity contribution in [3.05, 3.63) is 71.7 Å². The van der Waals surface area contributed by atoms with Gasteiger partial charge >= 0.3 is 0 Å². The van der Waals surface area contributed by atoms with Gasteiger partial charge in [0.15, 0.2) is 11.5 Å². The molecule has 188 valence electrons. The fraction of sp³-hybridized carbons (Fsp3) is 0.296. The van der Waals surface area contributed by atoms with Gasteiger partial charge in [0.1, 0.15) is 5.82 Å². The number of nitrogens with zero attached hydrogens (tertiary/aromatic N) is 3. The van der Waals surface area contributed by atoms with Crippen LogP contribution in [0.2, 0.25) is 0 Å². The molecule has 2 aromatic heterocycles. The first-order valence-corrected chi connectivity index (χ1v) is 11.9. The first-order chi connectivity index (χ1) is 17.1. The lowest BCUT2D eigenvalue weighted by atomic mass is 10.0. The van der Waals surface area contributed by atoms with E-state index in [1.165, 1.54) is 12.1 Å². The van der Waals surface area contributed by atoms with Crippen LogP contribution in [0.3, 0.4) is 0 Å². The molecule has 0 spiro atoms. The van der Waals surface area contributed by atoms with Crippen molar-refractivity contribution in [1.29, 1.82) is 0 Å². The third kappa shape index (κ3) is 5.80. The van der Waals surface area contributed by atoms with Gasteiger partial charge in [-0.25, -0.2) is 13.9 Å². The highest BCUT2D eigenvalue weighted by atomic mass is 19.1. The predicted octanol–water partition coefficient (Wildman–Crippen LogP) is 4.91. The SMILES string of the molecule is CCCNC(=O)c1ccc(-c2cnc3c(NCC(C)(C)O)cc(Nc4ccc(F)cc4)nn23)cc1C. The number of fused-ring (bicyclic) bond motifs is 1. The van der Waals surface area contributed by atoms with E-state index in [4.69, 9.17) is 5.10 Å². The number of benzene rings is 2. The van der Waals surface area contributed by atoms with Crippen molar-refractivity contribution in [2.24, 2.45) is 0 Å². The molecule has 4 rings (SSSR count). The standard InChI is InChI=1S/C27H31FN6O2/c1-5-12-29-26(35)21-11-6-18(13-17(21)2)23-15-30-25-22(31-16-27(3,4)36)14-24(33-34(23)25)32-20-9-7-19(28)8-10-20/h6-11,13-15,31,36H,5,12,16H2,1-4H3,(H,29,35)(H,32,33). The molecule has 4 aromatic rings. The van der Waals surface area contributed by atoms with Gasteiger partial charge in [-0.1, -0.05) is 13.0 Å². The Morgan fingerprint density at radius 1 is 1.14 bits per heavy atom. The molecule has 0 fully saturated rings. The Labute approximate surface area is 209 Å². The highest BCUT2D eigenvalue weighted by Crippen LogP contribution is 2.29. The molecule has 0 radical (unpaired) electrons. The summed E-state index contributed by atoms with van der Waals surface area (Å²) in [5.41, 5.74) is 4.06. The van der Waals surface area contributed by atoms with Crippen molar-refractivity contribution in [3.8, 4) is 11.3 Å². The first kappa shape index (κ1) is 25.1. The Morgan fingerprint density at radius 2 is 1.89 bits per heavy atom. The Hall–Kier alpha value is -3.98. The zero-order valence-corrected chi connectivity index (χ0v) is 20.9. The number of aromatic nitrogens is 3. The second-order valence-electron chi connectivity index (χ2n) is 9.41. The van der Waals surface area contributed by atoms with Crippen LogP contribution in [0, 0.1) is 12.7 Å². The average molecular weight is 491 g/mol. The van der Waals surface area contributed by atoms with Gasteiger partial charge in [0.05, 0.1) is 23.2 Å². The maximum absolute atomic E-state index is 13.4. The number of rotatable bonds is 9. The van der Waals surface area contributed by atoms with Crippen molar-refractivity contribution in [1.82, 2.24) is 19.9 Å². The molecule has 36 heavy (non-hydrogen) atoms. The fourth-order valence-corrected chi connectivity index (χ4v) is 3.76. The minimum absolute atomic E-state index is 0.0962. The number of carbonyl (C=O) groups is 1. The third-order valence-electron chi connectivity index (χ3n) is 5.60. The van der Waals surface area contributed by atoms with E-state index in [0.717, 1.165) is 23.2 Å². The molecule has 9 heteroatoms. The number of hydrogen-bond acceptors (Lipinski definition) is 6. The van der Waals surface area contributed by atoms with E-state index in [9.17, 15) is 14.3 Å². The van der Waals surface area contributed by atoms with Gasteiger partial charge in [0.2, 0.25) is 0 Å². The number of halogens is 1. The van der Waals surface area contributed by atoms with Gasteiger partial charge in [0, 0.05) is 36.0 Å². The molecule has 0 aliphatic carbocycles. The highest BCUT2D eigenvalue weighted by Gasteiger charge is 2.18. The molecule has 4 N–H and O–H groups in total. The van der Waals surface area contributed by atoms with Crippen LogP contribution < -0.4 is 16.0 Å². The van der Waals surface area contributed by atoms with Crippen LogP contribution >= 0.6 is 0 Å². The number of anilines is 3. The summed E-state index contributed by atoms with van der Waals surface area (Å²) in [4.78, 5) is 17.1. The molecule has 2 aromatic carbocycles. The number of imidazole rings is 1. The van der Waals surface area contributed by atoms with E-state index >= 15 is 0 Å². The Bertz CT molecular complexity index is 1380. The zero-order chi connectivity index (χ0) is 25.9. The smallest absolute Gasteiger partial charge is 0.251 e. The number of nitrogens with one attached hydrogen (secondary N) is 3. The first-order valence-electron chi connectivity index (χ1n) is 11.9. The minimum Gasteiger partial charge on any atom is -0.389 e. The van der Waals surface area contributed by atoms with Gasteiger partial charge < -0.3 is 21.1 Å². The number of carbonyl (C=O) groups excluding carboxylic acids is 1. The molecule has 0 aliphatic rings. The molecule has 0 bridgehead atoms. The van der Waals surface area contributed by atoms with E-state index in [0.29, 0.717) is 41.5 Å². The van der Waals surface area contributed by atoms with E-state index in [-0.39, 0.29) is 11.7 Å². The van der Waals surface area contributed by atoms with Crippen molar-refractivity contribution < 1.29 is 14.3 Å². The van der Waals surface area contributed by atoms with E-state index in [1.807, 2.05) is 32.0 Å². The number of aryl methyl sites for hydroxylation is 1. The van der Waals surface area contributed by atoms with Crippen molar-refractivity contribution in [2.45, 2.75) is 39.7 Å². The topological polar surface area (TPSA) is 104 Å². The quantitative estimate of drug-likeness (QED) is 0.266. The van der Waals surface area contributed by atoms with Gasteiger partial charge in [-0.15, -0.1) is 5.10 Å². The monoisotopic (exact) mass is 490 g/mol. The summed E-state index contributed by atoms with van der Waals surface area (Å²) in [5, 5.41) is 24.3. The van der Waals surface area contributed by atoms with Crippen LogP contribution in [0.4, 0.5) is 21.6 Å². The molecule has 1 amide bonds. The summed E-state index contributed by atoms with van der Waals surface area (Å²) in [6.45, 7) is 8.27. The number of hydrogen-bond donors (Lipinski definition) is 4. The van der Waals surface area contributed by atoms with Crippen LogP contribution in [-0.2, 0) is 0 Å². The van der Waals surface area contributed by atoms with Crippen LogP contribution in [0.15, 0.2) is 54.7 Å². The molecular formula is C27H31FN6O2. The highest BCUT2D eigenvalue weighted by molar-refractivity contribution is 5.96.